The largest absolute Gasteiger partial charge is 0.497 e. The monoisotopic (exact) mass is 283 g/mol. The van der Waals surface area contributed by atoms with Crippen molar-refractivity contribution >= 4 is 17.5 Å². The van der Waals surface area contributed by atoms with Crippen molar-refractivity contribution in [3.8, 4) is 11.5 Å². The van der Waals surface area contributed by atoms with E-state index in [-0.39, 0.29) is 5.78 Å². The summed E-state index contributed by atoms with van der Waals surface area (Å²) in [7, 11) is 3.09. The fourth-order valence-electron chi connectivity index (χ4n) is 1.87. The van der Waals surface area contributed by atoms with Crippen LogP contribution in [0.15, 0.2) is 48.5 Å². The van der Waals surface area contributed by atoms with Gasteiger partial charge in [-0.3, -0.25) is 4.79 Å². The Bertz CT molecular complexity index is 660. The third-order valence-electron chi connectivity index (χ3n) is 3.04. The number of hydrogen-bond acceptors (Lipinski definition) is 4. The van der Waals surface area contributed by atoms with Crippen LogP contribution in [0.4, 0.5) is 5.69 Å². The van der Waals surface area contributed by atoms with Crippen LogP contribution in [-0.4, -0.2) is 20.0 Å². The summed E-state index contributed by atoms with van der Waals surface area (Å²) in [5, 5.41) is 0. The molecule has 2 N–H and O–H groups in total. The maximum Gasteiger partial charge on any atom is 0.189 e. The smallest absolute Gasteiger partial charge is 0.189 e. The van der Waals surface area contributed by atoms with E-state index in [4.69, 9.17) is 15.2 Å². The van der Waals surface area contributed by atoms with Crippen molar-refractivity contribution in [2.45, 2.75) is 0 Å². The Morgan fingerprint density at radius 1 is 1.05 bits per heavy atom. The first-order valence-corrected chi connectivity index (χ1v) is 6.44. The van der Waals surface area contributed by atoms with Gasteiger partial charge in [0.2, 0.25) is 0 Å². The Labute approximate surface area is 123 Å². The molecule has 21 heavy (non-hydrogen) atoms. The molecule has 0 radical (unpaired) electrons. The molecule has 0 fully saturated rings. The van der Waals surface area contributed by atoms with Crippen molar-refractivity contribution in [3.05, 3.63) is 59.7 Å². The molecule has 0 aliphatic heterocycles. The quantitative estimate of drug-likeness (QED) is 0.520. The van der Waals surface area contributed by atoms with Crippen LogP contribution in [0, 0.1) is 0 Å². The molecule has 0 aromatic heterocycles. The molecule has 2 aromatic rings. The maximum atomic E-state index is 12.2. The number of allylic oxidation sites excluding steroid dienone is 1. The predicted octanol–water partition coefficient (Wildman–Crippen LogP) is 3.18. The molecule has 0 saturated heterocycles. The normalized spacial score (nSPS) is 10.6. The maximum absolute atomic E-state index is 12.2. The number of nitrogen functional groups attached to an aromatic ring is 1. The van der Waals surface area contributed by atoms with Crippen LogP contribution in [0.25, 0.3) is 6.08 Å². The molecule has 0 spiro atoms. The van der Waals surface area contributed by atoms with Crippen LogP contribution in [0.3, 0.4) is 0 Å². The molecule has 0 atom stereocenters. The number of benzene rings is 2. The third kappa shape index (κ3) is 3.63. The van der Waals surface area contributed by atoms with Crippen molar-refractivity contribution in [3.63, 3.8) is 0 Å². The van der Waals surface area contributed by atoms with E-state index in [9.17, 15) is 4.79 Å². The van der Waals surface area contributed by atoms with Crippen molar-refractivity contribution in [1.29, 1.82) is 0 Å². The summed E-state index contributed by atoms with van der Waals surface area (Å²) in [6.45, 7) is 0. The zero-order chi connectivity index (χ0) is 15.2. The average Bonchev–Trinajstić information content (AvgIpc) is 2.53. The lowest BCUT2D eigenvalue weighted by Crippen LogP contribution is -1.99. The first kappa shape index (κ1) is 14.7. The Hall–Kier alpha value is -2.75. The van der Waals surface area contributed by atoms with E-state index in [2.05, 4.69) is 0 Å². The van der Waals surface area contributed by atoms with Crippen LogP contribution < -0.4 is 15.2 Å². The summed E-state index contributed by atoms with van der Waals surface area (Å²) in [6, 6.07) is 12.4. The van der Waals surface area contributed by atoms with Crippen molar-refractivity contribution in [1.82, 2.24) is 0 Å². The summed E-state index contributed by atoms with van der Waals surface area (Å²) in [5.41, 5.74) is 7.71. The van der Waals surface area contributed by atoms with Gasteiger partial charge in [0.15, 0.2) is 5.78 Å². The summed E-state index contributed by atoms with van der Waals surface area (Å²) in [5.74, 6) is 0.999. The summed E-state index contributed by atoms with van der Waals surface area (Å²) in [4.78, 5) is 12.2. The van der Waals surface area contributed by atoms with E-state index >= 15 is 0 Å². The number of hydrogen-bond donors (Lipinski definition) is 1. The average molecular weight is 283 g/mol. The lowest BCUT2D eigenvalue weighted by molar-refractivity contribution is 0.104. The lowest BCUT2D eigenvalue weighted by atomic mass is 10.1. The Morgan fingerprint density at radius 2 is 1.76 bits per heavy atom. The van der Waals surface area contributed by atoms with Gasteiger partial charge in [0.25, 0.3) is 0 Å². The predicted molar refractivity (Wildman–Crippen MR) is 83.8 cm³/mol. The number of nitrogens with two attached hydrogens (primary N) is 1. The third-order valence-corrected chi connectivity index (χ3v) is 3.04. The van der Waals surface area contributed by atoms with Gasteiger partial charge in [0.1, 0.15) is 11.5 Å². The molecule has 0 aliphatic carbocycles. The second-order valence-electron chi connectivity index (χ2n) is 4.43. The molecule has 0 heterocycles. The highest BCUT2D eigenvalue weighted by Crippen LogP contribution is 2.25. The van der Waals surface area contributed by atoms with E-state index < -0.39 is 0 Å². The standard InChI is InChI=1S/C17H17NO3/c1-20-14-8-9-15(17(11-14)21-2)16(19)10-5-12-3-6-13(18)7-4-12/h3-11H,18H2,1-2H3/b10-5+. The molecular formula is C17H17NO3. The summed E-state index contributed by atoms with van der Waals surface area (Å²) < 4.78 is 10.3. The van der Waals surface area contributed by atoms with Gasteiger partial charge in [-0.25, -0.2) is 0 Å². The van der Waals surface area contributed by atoms with Gasteiger partial charge in [-0.2, -0.15) is 0 Å². The fourth-order valence-corrected chi connectivity index (χ4v) is 1.87. The van der Waals surface area contributed by atoms with Gasteiger partial charge >= 0.3 is 0 Å². The number of ketones is 1. The summed E-state index contributed by atoms with van der Waals surface area (Å²) >= 11 is 0. The molecule has 0 unspecified atom stereocenters. The fraction of sp³-hybridized carbons (Fsp3) is 0.118. The van der Waals surface area contributed by atoms with Gasteiger partial charge in [-0.1, -0.05) is 18.2 Å². The Balaban J connectivity index is 2.22. The van der Waals surface area contributed by atoms with Gasteiger partial charge in [-0.15, -0.1) is 0 Å². The van der Waals surface area contributed by atoms with Crippen LogP contribution in [0.1, 0.15) is 15.9 Å². The molecule has 108 valence electrons. The summed E-state index contributed by atoms with van der Waals surface area (Å²) in [6.07, 6.45) is 3.25. The highest BCUT2D eigenvalue weighted by molar-refractivity contribution is 6.08. The Morgan fingerprint density at radius 3 is 2.38 bits per heavy atom. The topological polar surface area (TPSA) is 61.5 Å². The first-order valence-electron chi connectivity index (χ1n) is 6.44. The number of carbonyl (C=O) groups is 1. The van der Waals surface area contributed by atoms with Gasteiger partial charge in [-0.05, 0) is 35.9 Å². The Kier molecular flexibility index (Phi) is 4.61. The molecular weight excluding hydrogens is 266 g/mol. The molecule has 4 nitrogen and oxygen atoms in total. The number of anilines is 1. The van der Waals surface area contributed by atoms with Crippen molar-refractivity contribution in [2.24, 2.45) is 0 Å². The zero-order valence-corrected chi connectivity index (χ0v) is 12.0. The van der Waals surface area contributed by atoms with E-state index in [1.54, 1.807) is 43.5 Å². The highest BCUT2D eigenvalue weighted by Gasteiger charge is 2.10. The molecule has 0 amide bonds. The van der Waals surface area contributed by atoms with Crippen molar-refractivity contribution < 1.29 is 14.3 Å². The van der Waals surface area contributed by atoms with Crippen LogP contribution >= 0.6 is 0 Å². The van der Waals surface area contributed by atoms with E-state index in [1.807, 2.05) is 12.1 Å². The molecule has 0 saturated carbocycles. The molecule has 2 rings (SSSR count). The lowest BCUT2D eigenvalue weighted by Gasteiger charge is -2.07. The number of rotatable bonds is 5. The second-order valence-corrected chi connectivity index (χ2v) is 4.43. The minimum Gasteiger partial charge on any atom is -0.497 e. The molecule has 2 aromatic carbocycles. The van der Waals surface area contributed by atoms with Crippen LogP contribution in [-0.2, 0) is 0 Å². The van der Waals surface area contributed by atoms with Crippen LogP contribution in [0.5, 0.6) is 11.5 Å². The minimum atomic E-state index is -0.133. The van der Waals surface area contributed by atoms with Gasteiger partial charge in [0, 0.05) is 11.8 Å². The second kappa shape index (κ2) is 6.61. The molecule has 4 heteroatoms. The molecule has 0 aliphatic rings. The number of carbonyl (C=O) groups excluding carboxylic acids is 1. The van der Waals surface area contributed by atoms with Crippen molar-refractivity contribution in [2.75, 3.05) is 20.0 Å². The molecule has 0 bridgehead atoms. The SMILES string of the molecule is COc1ccc(C(=O)/C=C/c2ccc(N)cc2)c(OC)c1. The van der Waals surface area contributed by atoms with E-state index in [0.717, 1.165) is 5.56 Å². The van der Waals surface area contributed by atoms with Crippen LogP contribution in [0.2, 0.25) is 0 Å². The van der Waals surface area contributed by atoms with E-state index in [1.165, 1.54) is 13.2 Å². The van der Waals surface area contributed by atoms with Gasteiger partial charge in [0.05, 0.1) is 19.8 Å². The highest BCUT2D eigenvalue weighted by atomic mass is 16.5. The van der Waals surface area contributed by atoms with E-state index in [0.29, 0.717) is 22.7 Å². The first-order chi connectivity index (χ1) is 10.1. The minimum absolute atomic E-state index is 0.133. The van der Waals surface area contributed by atoms with Gasteiger partial charge < -0.3 is 15.2 Å². The number of methoxy groups -OCH3 is 2. The number of ether oxygens (including phenoxy) is 2. The zero-order valence-electron chi connectivity index (χ0n) is 12.0.